The molecular weight excluding hydrogens is 877 g/mol. The van der Waals surface area contributed by atoms with Gasteiger partial charge in [-0.1, -0.05) is 265 Å². The van der Waals surface area contributed by atoms with Gasteiger partial charge < -0.3 is 14.2 Å². The molecule has 0 radical (unpaired) electrons. The molecule has 71 heavy (non-hydrogen) atoms. The first kappa shape index (κ1) is 67.1. The van der Waals surface area contributed by atoms with Crippen LogP contribution in [0, 0.1) is 0 Å². The lowest BCUT2D eigenvalue weighted by Gasteiger charge is -2.18. The average molecular weight is 986 g/mol. The maximum atomic E-state index is 12.9. The number of carbonyl (C=O) groups excluding carboxylic acids is 3. The standard InChI is InChI=1S/C65H108O6/c1-4-7-10-13-16-19-22-25-28-31-33-35-37-40-43-46-49-52-55-58-64(67)70-61-62(60-69-63(66)57-54-51-48-45-42-39-36-30-27-24-21-18-15-12-9-6-3)71-65(68)59-56-53-50-47-44-41-38-34-32-29-26-23-20-17-14-11-8-5-2/h11,14,16-17,19-20,22-23,25-26,29-30,32,34,36,38-39,42,62H,4-10,12-13,15,18,21,24,27-28,31,33,35,37,40-41,43-61H2,1-3H3/b14-11-,19-16-,20-17-,25-22-,26-23-,32-29-,36-30-,38-34-,42-39-. The van der Waals surface area contributed by atoms with Crippen LogP contribution in [0.25, 0.3) is 0 Å². The van der Waals surface area contributed by atoms with Gasteiger partial charge in [0.2, 0.25) is 0 Å². The zero-order chi connectivity index (χ0) is 51.4. The number of hydrogen-bond donors (Lipinski definition) is 0. The van der Waals surface area contributed by atoms with E-state index < -0.39 is 6.10 Å². The topological polar surface area (TPSA) is 78.9 Å². The molecule has 0 aromatic rings. The summed E-state index contributed by atoms with van der Waals surface area (Å²) in [6.45, 7) is 6.48. The molecule has 404 valence electrons. The van der Waals surface area contributed by atoms with E-state index in [0.717, 1.165) is 96.3 Å². The van der Waals surface area contributed by atoms with Crippen LogP contribution >= 0.6 is 0 Å². The predicted octanol–water partition coefficient (Wildman–Crippen LogP) is 19.9. The molecule has 0 saturated carbocycles. The van der Waals surface area contributed by atoms with E-state index in [-0.39, 0.29) is 31.1 Å². The third-order valence-corrected chi connectivity index (χ3v) is 12.4. The zero-order valence-electron chi connectivity index (χ0n) is 46.2. The first-order valence-corrected chi connectivity index (χ1v) is 29.5. The van der Waals surface area contributed by atoms with Crippen LogP contribution in [0.5, 0.6) is 0 Å². The SMILES string of the molecule is CCC\C=C/C=C\C=C/C=C\C=C/CCCCCCCC(=O)OC(COC(=O)CCCCC/C=C\C=C/CCCCCCCCC)COC(=O)CCCCCCCCCCCC/C=C\C=C/CCCCC. The monoisotopic (exact) mass is 985 g/mol. The van der Waals surface area contributed by atoms with Crippen LogP contribution in [-0.2, 0) is 28.6 Å². The van der Waals surface area contributed by atoms with E-state index in [1.807, 2.05) is 24.3 Å². The zero-order valence-corrected chi connectivity index (χ0v) is 46.2. The molecule has 0 aromatic heterocycles. The highest BCUT2D eigenvalue weighted by Crippen LogP contribution is 2.15. The van der Waals surface area contributed by atoms with Crippen molar-refractivity contribution in [1.82, 2.24) is 0 Å². The Morgan fingerprint density at radius 3 is 0.901 bits per heavy atom. The summed E-state index contributed by atoms with van der Waals surface area (Å²) in [5.41, 5.74) is 0. The molecule has 0 saturated heterocycles. The molecule has 6 nitrogen and oxygen atoms in total. The van der Waals surface area contributed by atoms with Gasteiger partial charge in [-0.2, -0.15) is 0 Å². The largest absolute Gasteiger partial charge is 0.462 e. The minimum atomic E-state index is -0.807. The van der Waals surface area contributed by atoms with Crippen LogP contribution in [0.15, 0.2) is 109 Å². The van der Waals surface area contributed by atoms with Crippen LogP contribution in [0.3, 0.4) is 0 Å². The minimum Gasteiger partial charge on any atom is -0.462 e. The summed E-state index contributed by atoms with van der Waals surface area (Å²) >= 11 is 0. The van der Waals surface area contributed by atoms with Gasteiger partial charge in [0.1, 0.15) is 13.2 Å². The Morgan fingerprint density at radius 1 is 0.282 bits per heavy atom. The van der Waals surface area contributed by atoms with Crippen LogP contribution < -0.4 is 0 Å². The molecule has 0 aliphatic rings. The number of hydrogen-bond acceptors (Lipinski definition) is 6. The Bertz CT molecular complexity index is 1460. The van der Waals surface area contributed by atoms with Gasteiger partial charge in [0.25, 0.3) is 0 Å². The number of allylic oxidation sites excluding steroid dienone is 18. The van der Waals surface area contributed by atoms with Crippen LogP contribution in [-0.4, -0.2) is 37.2 Å². The molecule has 1 atom stereocenters. The highest BCUT2D eigenvalue weighted by atomic mass is 16.6. The van der Waals surface area contributed by atoms with Crippen molar-refractivity contribution in [2.45, 2.75) is 271 Å². The summed E-state index contributed by atoms with van der Waals surface area (Å²) in [6.07, 6.45) is 79.3. The number of carbonyl (C=O) groups is 3. The van der Waals surface area contributed by atoms with E-state index in [4.69, 9.17) is 14.2 Å². The van der Waals surface area contributed by atoms with Gasteiger partial charge in [-0.25, -0.2) is 0 Å². The second-order valence-corrected chi connectivity index (χ2v) is 19.4. The van der Waals surface area contributed by atoms with Crippen molar-refractivity contribution in [1.29, 1.82) is 0 Å². The molecule has 0 heterocycles. The molecular formula is C65H108O6. The number of esters is 3. The fourth-order valence-corrected chi connectivity index (χ4v) is 7.92. The predicted molar refractivity (Wildman–Crippen MR) is 307 cm³/mol. The molecule has 1 unspecified atom stereocenters. The quantitative estimate of drug-likeness (QED) is 0.0261. The van der Waals surface area contributed by atoms with Crippen molar-refractivity contribution in [2.75, 3.05) is 13.2 Å². The van der Waals surface area contributed by atoms with Crippen molar-refractivity contribution in [3.8, 4) is 0 Å². The van der Waals surface area contributed by atoms with Crippen molar-refractivity contribution in [3.63, 3.8) is 0 Å². The van der Waals surface area contributed by atoms with Gasteiger partial charge in [-0.05, 0) is 89.9 Å². The van der Waals surface area contributed by atoms with Crippen LogP contribution in [0.1, 0.15) is 265 Å². The lowest BCUT2D eigenvalue weighted by Crippen LogP contribution is -2.30. The number of unbranched alkanes of at least 4 members (excludes halogenated alkanes) is 29. The van der Waals surface area contributed by atoms with Gasteiger partial charge in [0.05, 0.1) is 0 Å². The Balaban J connectivity index is 4.49. The summed E-state index contributed by atoms with van der Waals surface area (Å²) in [4.78, 5) is 38.2. The Kier molecular flexibility index (Phi) is 55.4. The van der Waals surface area contributed by atoms with E-state index in [9.17, 15) is 14.4 Å². The van der Waals surface area contributed by atoms with Gasteiger partial charge >= 0.3 is 17.9 Å². The summed E-state index contributed by atoms with van der Waals surface area (Å²) < 4.78 is 16.8. The lowest BCUT2D eigenvalue weighted by atomic mass is 10.1. The van der Waals surface area contributed by atoms with E-state index in [2.05, 4.69) is 106 Å². The first-order chi connectivity index (χ1) is 35.0. The molecule has 0 aliphatic heterocycles. The van der Waals surface area contributed by atoms with E-state index in [0.29, 0.717) is 19.3 Å². The molecule has 0 fully saturated rings. The van der Waals surface area contributed by atoms with Gasteiger partial charge in [0.15, 0.2) is 6.10 Å². The molecule has 0 rings (SSSR count). The van der Waals surface area contributed by atoms with E-state index >= 15 is 0 Å². The van der Waals surface area contributed by atoms with Gasteiger partial charge in [0, 0.05) is 19.3 Å². The normalized spacial score (nSPS) is 12.9. The Labute approximate surface area is 438 Å². The minimum absolute atomic E-state index is 0.100. The summed E-state index contributed by atoms with van der Waals surface area (Å²) in [6, 6.07) is 0. The Morgan fingerprint density at radius 2 is 0.535 bits per heavy atom. The van der Waals surface area contributed by atoms with Crippen LogP contribution in [0.4, 0.5) is 0 Å². The van der Waals surface area contributed by atoms with E-state index in [1.165, 1.54) is 128 Å². The summed E-state index contributed by atoms with van der Waals surface area (Å²) in [5, 5.41) is 0. The van der Waals surface area contributed by atoms with Crippen molar-refractivity contribution < 1.29 is 28.6 Å². The second kappa shape index (κ2) is 58.6. The number of ether oxygens (including phenoxy) is 3. The highest BCUT2D eigenvalue weighted by Gasteiger charge is 2.19. The molecule has 0 aromatic carbocycles. The molecule has 0 amide bonds. The summed E-state index contributed by atoms with van der Waals surface area (Å²) in [7, 11) is 0. The van der Waals surface area contributed by atoms with Crippen molar-refractivity contribution in [3.05, 3.63) is 109 Å². The molecule has 0 aliphatic carbocycles. The molecule has 0 bridgehead atoms. The summed E-state index contributed by atoms with van der Waals surface area (Å²) in [5.74, 6) is -0.954. The fraction of sp³-hybridized carbons (Fsp3) is 0.677. The highest BCUT2D eigenvalue weighted by molar-refractivity contribution is 5.71. The maximum Gasteiger partial charge on any atom is 0.306 e. The number of rotatable bonds is 52. The average Bonchev–Trinajstić information content (AvgIpc) is 3.37. The van der Waals surface area contributed by atoms with E-state index in [1.54, 1.807) is 0 Å². The third-order valence-electron chi connectivity index (χ3n) is 12.4. The Hall–Kier alpha value is -3.93. The smallest absolute Gasteiger partial charge is 0.306 e. The van der Waals surface area contributed by atoms with Gasteiger partial charge in [-0.15, -0.1) is 0 Å². The van der Waals surface area contributed by atoms with Crippen LogP contribution in [0.2, 0.25) is 0 Å². The second-order valence-electron chi connectivity index (χ2n) is 19.4. The fourth-order valence-electron chi connectivity index (χ4n) is 7.92. The molecule has 6 heteroatoms. The molecule has 0 spiro atoms. The van der Waals surface area contributed by atoms with Gasteiger partial charge in [-0.3, -0.25) is 14.4 Å². The van der Waals surface area contributed by atoms with Crippen molar-refractivity contribution >= 4 is 17.9 Å². The molecule has 0 N–H and O–H groups in total. The first-order valence-electron chi connectivity index (χ1n) is 29.5. The maximum absolute atomic E-state index is 12.9. The van der Waals surface area contributed by atoms with Crippen molar-refractivity contribution in [2.24, 2.45) is 0 Å². The lowest BCUT2D eigenvalue weighted by molar-refractivity contribution is -0.167. The third kappa shape index (κ3) is 56.9.